The number of hydrogen-bond acceptors (Lipinski definition) is 2. The van der Waals surface area contributed by atoms with Gasteiger partial charge in [0.25, 0.3) is 0 Å². The Morgan fingerprint density at radius 1 is 0.310 bits per heavy atom. The van der Waals surface area contributed by atoms with E-state index in [-0.39, 0.29) is 21.7 Å². The molecule has 0 fully saturated rings. The third-order valence-corrected chi connectivity index (χ3v) is 14.3. The number of nitrogens with one attached hydrogen (secondary N) is 1. The van der Waals surface area contributed by atoms with Crippen molar-refractivity contribution in [3.05, 3.63) is 204 Å². The molecule has 0 bridgehead atoms. The minimum atomic E-state index is -0.109. The average Bonchev–Trinajstić information content (AvgIpc) is 3.73. The van der Waals surface area contributed by atoms with Gasteiger partial charge in [0.15, 0.2) is 0 Å². The van der Waals surface area contributed by atoms with Crippen LogP contribution in [0.25, 0.3) is 100 Å². The van der Waals surface area contributed by atoms with Crippen LogP contribution in [0.15, 0.2) is 182 Å². The molecule has 71 heavy (non-hydrogen) atoms. The van der Waals surface area contributed by atoms with E-state index in [0.29, 0.717) is 0 Å². The molecule has 0 saturated heterocycles. The summed E-state index contributed by atoms with van der Waals surface area (Å²) in [5, 5.41) is 2.46. The molecule has 0 spiro atoms. The van der Waals surface area contributed by atoms with Crippen molar-refractivity contribution in [1.82, 2.24) is 15.0 Å². The van der Waals surface area contributed by atoms with Gasteiger partial charge >= 0.3 is 0 Å². The Morgan fingerprint density at radius 2 is 0.761 bits per heavy atom. The van der Waals surface area contributed by atoms with E-state index < -0.39 is 0 Å². The summed E-state index contributed by atoms with van der Waals surface area (Å²) in [4.78, 5) is 14.7. The van der Waals surface area contributed by atoms with Crippen molar-refractivity contribution < 1.29 is 0 Å². The summed E-state index contributed by atoms with van der Waals surface area (Å²) in [7, 11) is 0. The van der Waals surface area contributed by atoms with Gasteiger partial charge in [-0.05, 0) is 155 Å². The van der Waals surface area contributed by atoms with Crippen LogP contribution in [-0.4, -0.2) is 15.0 Å². The van der Waals surface area contributed by atoms with E-state index in [1.54, 1.807) is 0 Å². The molecular weight excluding hydrogens is 859 g/mol. The standard InChI is InChI=1S/C68H67N3/c1-65(2,3)53-27-28-60-57(40-53)58-41-56(68(10,11)12)42-59(64(58)71-60)63-38-50(49-34-54(66(4,5)6)39-55(35-49)67(7,8)9)37-62(70-63)52-32-48(44-21-17-14-18-22-44)31-51(33-52)61-36-47(29-30-69-61)46-25-23-45(24-26-46)43-19-15-13-16-20-43/h13-42,71H,1-12H3. The second-order valence-corrected chi connectivity index (χ2v) is 23.8. The fourth-order valence-corrected chi connectivity index (χ4v) is 9.72. The van der Waals surface area contributed by atoms with E-state index in [0.717, 1.165) is 72.6 Å². The molecule has 0 aliphatic carbocycles. The highest BCUT2D eigenvalue weighted by Gasteiger charge is 2.25. The third-order valence-electron chi connectivity index (χ3n) is 14.3. The Kier molecular flexibility index (Phi) is 11.9. The first-order valence-corrected chi connectivity index (χ1v) is 25.3. The summed E-state index contributed by atoms with van der Waals surface area (Å²) >= 11 is 0. The van der Waals surface area contributed by atoms with Gasteiger partial charge < -0.3 is 4.98 Å². The van der Waals surface area contributed by atoms with Gasteiger partial charge in [0.2, 0.25) is 0 Å². The van der Waals surface area contributed by atoms with Crippen LogP contribution in [0.4, 0.5) is 0 Å². The molecule has 0 radical (unpaired) electrons. The van der Waals surface area contributed by atoms with Crippen LogP contribution in [0.1, 0.15) is 105 Å². The monoisotopic (exact) mass is 926 g/mol. The summed E-state index contributed by atoms with van der Waals surface area (Å²) in [6.07, 6.45) is 1.94. The predicted octanol–water partition coefficient (Wildman–Crippen LogP) is 19.0. The zero-order chi connectivity index (χ0) is 50.0. The lowest BCUT2D eigenvalue weighted by Crippen LogP contribution is -2.16. The molecular formula is C68H67N3. The Bertz CT molecular complexity index is 3550. The summed E-state index contributed by atoms with van der Waals surface area (Å²) in [6, 6.07) is 64.9. The van der Waals surface area contributed by atoms with Crippen molar-refractivity contribution in [2.45, 2.75) is 105 Å². The lowest BCUT2D eigenvalue weighted by Gasteiger charge is -2.26. The number of benzene rings is 7. The molecule has 0 unspecified atom stereocenters. The summed E-state index contributed by atoms with van der Waals surface area (Å²) < 4.78 is 0. The van der Waals surface area contributed by atoms with Gasteiger partial charge in [0.1, 0.15) is 0 Å². The maximum Gasteiger partial charge on any atom is 0.0736 e. The van der Waals surface area contributed by atoms with Crippen molar-refractivity contribution in [2.24, 2.45) is 0 Å². The third kappa shape index (κ3) is 9.76. The molecule has 0 aliphatic rings. The van der Waals surface area contributed by atoms with E-state index in [9.17, 15) is 0 Å². The average molecular weight is 926 g/mol. The molecule has 10 rings (SSSR count). The Morgan fingerprint density at radius 3 is 1.35 bits per heavy atom. The van der Waals surface area contributed by atoms with E-state index in [2.05, 4.69) is 264 Å². The van der Waals surface area contributed by atoms with Crippen LogP contribution in [-0.2, 0) is 21.7 Å². The lowest BCUT2D eigenvalue weighted by atomic mass is 9.78. The fraction of sp³-hybridized carbons (Fsp3) is 0.235. The Hall–Kier alpha value is -7.36. The molecule has 3 heterocycles. The summed E-state index contributed by atoms with van der Waals surface area (Å²) in [5.41, 5.74) is 22.4. The SMILES string of the molecule is CC(C)(C)c1cc(-c2cc(-c3cc(-c4ccccc4)cc(-c4cc(-c5ccc(-c6ccccc6)cc5)ccn4)c3)nc(-c3cc(C(C)(C)C)cc4c3[nH]c3ccc(C(C)(C)C)cc34)c2)cc(C(C)(C)C)c1. The van der Waals surface area contributed by atoms with E-state index in [1.807, 2.05) is 6.20 Å². The first-order valence-electron chi connectivity index (χ1n) is 25.3. The van der Waals surface area contributed by atoms with Crippen LogP contribution in [0.2, 0.25) is 0 Å². The minimum Gasteiger partial charge on any atom is -0.354 e. The number of nitrogens with zero attached hydrogens (tertiary/aromatic N) is 2. The van der Waals surface area contributed by atoms with E-state index in [1.165, 1.54) is 49.7 Å². The highest BCUT2D eigenvalue weighted by atomic mass is 14.8. The van der Waals surface area contributed by atoms with Crippen LogP contribution >= 0.6 is 0 Å². The highest BCUT2D eigenvalue weighted by Crippen LogP contribution is 2.43. The van der Waals surface area contributed by atoms with Crippen molar-refractivity contribution >= 4 is 21.8 Å². The number of hydrogen-bond donors (Lipinski definition) is 1. The van der Waals surface area contributed by atoms with Gasteiger partial charge in [-0.1, -0.05) is 192 Å². The van der Waals surface area contributed by atoms with E-state index >= 15 is 0 Å². The zero-order valence-electron chi connectivity index (χ0n) is 43.7. The van der Waals surface area contributed by atoms with Gasteiger partial charge in [-0.25, -0.2) is 4.98 Å². The summed E-state index contributed by atoms with van der Waals surface area (Å²) in [6.45, 7) is 27.7. The molecule has 0 amide bonds. The molecule has 354 valence electrons. The van der Waals surface area contributed by atoms with Crippen molar-refractivity contribution in [1.29, 1.82) is 0 Å². The topological polar surface area (TPSA) is 41.6 Å². The molecule has 3 aromatic heterocycles. The Balaban J connectivity index is 1.22. The largest absolute Gasteiger partial charge is 0.354 e. The number of pyridine rings is 2. The Labute approximate surface area is 422 Å². The van der Waals surface area contributed by atoms with Crippen molar-refractivity contribution in [3.63, 3.8) is 0 Å². The molecule has 3 heteroatoms. The molecule has 0 saturated carbocycles. The molecule has 0 atom stereocenters. The molecule has 1 N–H and O–H groups in total. The summed E-state index contributed by atoms with van der Waals surface area (Å²) in [5.74, 6) is 0. The van der Waals surface area contributed by atoms with Gasteiger partial charge in [0, 0.05) is 39.2 Å². The molecule has 3 nitrogen and oxygen atoms in total. The van der Waals surface area contributed by atoms with E-state index in [4.69, 9.17) is 9.97 Å². The van der Waals surface area contributed by atoms with Crippen LogP contribution in [0.5, 0.6) is 0 Å². The van der Waals surface area contributed by atoms with Gasteiger partial charge in [0.05, 0.1) is 22.6 Å². The number of H-pyrrole nitrogens is 1. The van der Waals surface area contributed by atoms with Crippen molar-refractivity contribution in [3.8, 4) is 78.3 Å². The van der Waals surface area contributed by atoms with Crippen LogP contribution < -0.4 is 0 Å². The maximum atomic E-state index is 5.77. The fourth-order valence-electron chi connectivity index (χ4n) is 9.72. The van der Waals surface area contributed by atoms with Gasteiger partial charge in [-0.2, -0.15) is 0 Å². The second kappa shape index (κ2) is 17.8. The first kappa shape index (κ1) is 47.3. The zero-order valence-corrected chi connectivity index (χ0v) is 43.7. The number of aromatic nitrogens is 3. The smallest absolute Gasteiger partial charge is 0.0736 e. The van der Waals surface area contributed by atoms with Crippen molar-refractivity contribution in [2.75, 3.05) is 0 Å². The lowest BCUT2D eigenvalue weighted by molar-refractivity contribution is 0.569. The van der Waals surface area contributed by atoms with Gasteiger partial charge in [-0.15, -0.1) is 0 Å². The van der Waals surface area contributed by atoms with Crippen LogP contribution in [0, 0.1) is 0 Å². The normalized spacial score (nSPS) is 12.5. The minimum absolute atomic E-state index is 0.0126. The molecule has 0 aliphatic heterocycles. The second-order valence-electron chi connectivity index (χ2n) is 23.8. The number of aromatic amines is 1. The number of fused-ring (bicyclic) bond motifs is 3. The number of rotatable bonds is 7. The highest BCUT2D eigenvalue weighted by molar-refractivity contribution is 6.12. The predicted molar refractivity (Wildman–Crippen MR) is 304 cm³/mol. The van der Waals surface area contributed by atoms with Gasteiger partial charge in [-0.3, -0.25) is 4.98 Å². The maximum absolute atomic E-state index is 5.77. The first-order chi connectivity index (χ1) is 33.7. The van der Waals surface area contributed by atoms with Crippen LogP contribution in [0.3, 0.4) is 0 Å². The molecule has 7 aromatic carbocycles. The molecule has 10 aromatic rings. The quantitative estimate of drug-likeness (QED) is 0.173.